The topological polar surface area (TPSA) is 60.7 Å². The van der Waals surface area contributed by atoms with Crippen LogP contribution in [0, 0.1) is 0 Å². The lowest BCUT2D eigenvalue weighted by molar-refractivity contribution is -0.120. The molecule has 0 spiro atoms. The van der Waals surface area contributed by atoms with Gasteiger partial charge in [0.15, 0.2) is 5.82 Å². The molecule has 3 rings (SSSR count). The summed E-state index contributed by atoms with van der Waals surface area (Å²) in [6.07, 6.45) is 3.44. The maximum Gasteiger partial charge on any atom is 0.182 e. The first-order valence-corrected chi connectivity index (χ1v) is 6.94. The van der Waals surface area contributed by atoms with Gasteiger partial charge in [-0.3, -0.25) is 4.79 Å². The van der Waals surface area contributed by atoms with Gasteiger partial charge in [0.2, 0.25) is 0 Å². The number of carbonyl (C=O) groups excluding carboxylic acids is 1. The fourth-order valence-corrected chi connectivity index (χ4v) is 3.48. The highest BCUT2D eigenvalue weighted by atomic mass is 32.1. The third-order valence-electron chi connectivity index (χ3n) is 3.32. The molecule has 0 fully saturated rings. The molecule has 1 unspecified atom stereocenters. The van der Waals surface area contributed by atoms with E-state index in [-0.39, 0.29) is 18.1 Å². The highest BCUT2D eigenvalue weighted by molar-refractivity contribution is 7.10. The number of hydrogen-bond acceptors (Lipinski definition) is 5. The van der Waals surface area contributed by atoms with E-state index in [0.29, 0.717) is 5.82 Å². The molecule has 1 atom stereocenters. The molecular weight excluding hydrogens is 248 g/mol. The van der Waals surface area contributed by atoms with E-state index in [0.717, 1.165) is 19.3 Å². The second-order valence-corrected chi connectivity index (χ2v) is 5.58. The van der Waals surface area contributed by atoms with Gasteiger partial charge in [-0.15, -0.1) is 21.5 Å². The van der Waals surface area contributed by atoms with Gasteiger partial charge in [0.05, 0.1) is 13.5 Å². The normalized spacial score (nSPS) is 18.6. The molecule has 2 aromatic rings. The summed E-state index contributed by atoms with van der Waals surface area (Å²) in [5.41, 5.74) is 1.22. The summed E-state index contributed by atoms with van der Waals surface area (Å²) in [6.45, 7) is 0. The summed E-state index contributed by atoms with van der Waals surface area (Å²) in [6, 6.07) is 2.09. The molecule has 5 nitrogen and oxygen atoms in total. The van der Waals surface area contributed by atoms with E-state index in [1.54, 1.807) is 18.4 Å². The number of tetrazole rings is 1. The van der Waals surface area contributed by atoms with E-state index in [4.69, 9.17) is 0 Å². The maximum atomic E-state index is 12.3. The quantitative estimate of drug-likeness (QED) is 0.841. The van der Waals surface area contributed by atoms with Gasteiger partial charge in [-0.05, 0) is 41.5 Å². The molecule has 1 aliphatic carbocycles. The first kappa shape index (κ1) is 11.5. The highest BCUT2D eigenvalue weighted by Gasteiger charge is 2.27. The van der Waals surface area contributed by atoms with Gasteiger partial charge in [-0.25, -0.2) is 0 Å². The van der Waals surface area contributed by atoms with Gasteiger partial charge < -0.3 is 0 Å². The number of ketones is 1. The van der Waals surface area contributed by atoms with Crippen LogP contribution in [0.3, 0.4) is 0 Å². The highest BCUT2D eigenvalue weighted by Crippen LogP contribution is 2.35. The molecule has 18 heavy (non-hydrogen) atoms. The van der Waals surface area contributed by atoms with E-state index in [2.05, 4.69) is 26.9 Å². The summed E-state index contributed by atoms with van der Waals surface area (Å²) < 4.78 is 0. The van der Waals surface area contributed by atoms with Crippen LogP contribution in [0.15, 0.2) is 11.4 Å². The number of nitrogens with zero attached hydrogens (tertiary/aromatic N) is 4. The first-order chi connectivity index (χ1) is 8.74. The van der Waals surface area contributed by atoms with Crippen LogP contribution in [0.1, 0.15) is 35.0 Å². The number of aromatic nitrogens is 4. The van der Waals surface area contributed by atoms with Crippen molar-refractivity contribution in [1.29, 1.82) is 0 Å². The predicted molar refractivity (Wildman–Crippen MR) is 67.5 cm³/mol. The van der Waals surface area contributed by atoms with E-state index < -0.39 is 0 Å². The third kappa shape index (κ3) is 2.08. The van der Waals surface area contributed by atoms with E-state index in [9.17, 15) is 4.79 Å². The standard InChI is InChI=1S/C12H14N4OS/c1-16-14-12(13-15-16)7-10(17)8-3-2-4-11-9(8)5-6-18-11/h5-6,8H,2-4,7H2,1H3. The Kier molecular flexibility index (Phi) is 2.95. The zero-order valence-corrected chi connectivity index (χ0v) is 11.0. The molecule has 6 heteroatoms. The lowest BCUT2D eigenvalue weighted by atomic mass is 9.84. The molecule has 0 bridgehead atoms. The Bertz CT molecular complexity index is 574. The zero-order valence-electron chi connectivity index (χ0n) is 10.2. The summed E-state index contributed by atoms with van der Waals surface area (Å²) in [7, 11) is 1.71. The van der Waals surface area contributed by atoms with Crippen LogP contribution in [-0.2, 0) is 24.7 Å². The van der Waals surface area contributed by atoms with Crippen molar-refractivity contribution >= 4 is 17.1 Å². The number of rotatable bonds is 3. The van der Waals surface area contributed by atoms with Crippen molar-refractivity contribution in [3.63, 3.8) is 0 Å². The third-order valence-corrected chi connectivity index (χ3v) is 4.32. The lowest BCUT2D eigenvalue weighted by Crippen LogP contribution is -2.19. The predicted octanol–water partition coefficient (Wildman–Crippen LogP) is 1.50. The van der Waals surface area contributed by atoms with Gasteiger partial charge in [0, 0.05) is 10.8 Å². The van der Waals surface area contributed by atoms with Crippen LogP contribution in [-0.4, -0.2) is 26.0 Å². The van der Waals surface area contributed by atoms with Gasteiger partial charge in [-0.2, -0.15) is 4.80 Å². The molecule has 94 valence electrons. The molecule has 0 saturated heterocycles. The minimum absolute atomic E-state index is 0.0313. The molecule has 0 N–H and O–H groups in total. The second kappa shape index (κ2) is 4.61. The second-order valence-electron chi connectivity index (χ2n) is 4.58. The van der Waals surface area contributed by atoms with Crippen molar-refractivity contribution in [3.8, 4) is 0 Å². The van der Waals surface area contributed by atoms with Gasteiger partial charge in [0.25, 0.3) is 0 Å². The molecular formula is C12H14N4OS. The first-order valence-electron chi connectivity index (χ1n) is 6.06. The molecule has 0 saturated carbocycles. The van der Waals surface area contributed by atoms with Crippen molar-refractivity contribution in [2.75, 3.05) is 0 Å². The molecule has 2 aromatic heterocycles. The van der Waals surface area contributed by atoms with Crippen molar-refractivity contribution in [3.05, 3.63) is 27.7 Å². The van der Waals surface area contributed by atoms with E-state index >= 15 is 0 Å². The van der Waals surface area contributed by atoms with E-state index in [1.807, 2.05) is 0 Å². The van der Waals surface area contributed by atoms with Crippen LogP contribution >= 0.6 is 11.3 Å². The van der Waals surface area contributed by atoms with Gasteiger partial charge in [0.1, 0.15) is 5.78 Å². The SMILES string of the molecule is Cn1nnc(CC(=O)C2CCCc3sccc32)n1. The summed E-state index contributed by atoms with van der Waals surface area (Å²) in [5.74, 6) is 0.760. The Hall–Kier alpha value is -1.56. The van der Waals surface area contributed by atoms with Crippen LogP contribution in [0.4, 0.5) is 0 Å². The summed E-state index contributed by atoms with van der Waals surface area (Å²) >= 11 is 1.76. The fraction of sp³-hybridized carbons (Fsp3) is 0.500. The van der Waals surface area contributed by atoms with Crippen molar-refractivity contribution in [2.24, 2.45) is 7.05 Å². The fourth-order valence-electron chi connectivity index (χ4n) is 2.49. The molecule has 0 radical (unpaired) electrons. The van der Waals surface area contributed by atoms with Gasteiger partial charge in [-0.1, -0.05) is 0 Å². The Morgan fingerprint density at radius 3 is 3.28 bits per heavy atom. The smallest absolute Gasteiger partial charge is 0.182 e. The number of Topliss-reactive ketones (excluding diaryl/α,β-unsaturated/α-hetero) is 1. The van der Waals surface area contributed by atoms with Crippen molar-refractivity contribution < 1.29 is 4.79 Å². The number of aryl methyl sites for hydroxylation is 2. The lowest BCUT2D eigenvalue weighted by Gasteiger charge is -2.20. The summed E-state index contributed by atoms with van der Waals surface area (Å²) in [4.78, 5) is 15.1. The number of carbonyl (C=O) groups is 1. The minimum atomic E-state index is 0.0313. The number of thiophene rings is 1. The van der Waals surface area contributed by atoms with E-state index in [1.165, 1.54) is 15.2 Å². The van der Waals surface area contributed by atoms with Crippen molar-refractivity contribution in [1.82, 2.24) is 20.2 Å². The van der Waals surface area contributed by atoms with Crippen molar-refractivity contribution in [2.45, 2.75) is 31.6 Å². The van der Waals surface area contributed by atoms with Crippen LogP contribution < -0.4 is 0 Å². The average molecular weight is 262 g/mol. The monoisotopic (exact) mass is 262 g/mol. The minimum Gasteiger partial charge on any atom is -0.299 e. The Morgan fingerprint density at radius 1 is 1.61 bits per heavy atom. The summed E-state index contributed by atoms with van der Waals surface area (Å²) in [5, 5.41) is 13.8. The molecule has 0 aliphatic heterocycles. The van der Waals surface area contributed by atoms with Crippen LogP contribution in [0.5, 0.6) is 0 Å². The van der Waals surface area contributed by atoms with Gasteiger partial charge >= 0.3 is 0 Å². The Morgan fingerprint density at radius 2 is 2.50 bits per heavy atom. The Labute approximate surface area is 109 Å². The molecule has 2 heterocycles. The number of hydrogen-bond donors (Lipinski definition) is 0. The molecule has 0 aromatic carbocycles. The van der Waals surface area contributed by atoms with Crippen LogP contribution in [0.2, 0.25) is 0 Å². The number of fused-ring (bicyclic) bond motifs is 1. The zero-order chi connectivity index (χ0) is 12.5. The average Bonchev–Trinajstić information content (AvgIpc) is 2.97. The van der Waals surface area contributed by atoms with Crippen LogP contribution in [0.25, 0.3) is 0 Å². The largest absolute Gasteiger partial charge is 0.299 e. The maximum absolute atomic E-state index is 12.3. The Balaban J connectivity index is 1.78. The molecule has 1 aliphatic rings. The molecule has 0 amide bonds.